The summed E-state index contributed by atoms with van der Waals surface area (Å²) in [6.45, 7) is 4.42. The van der Waals surface area contributed by atoms with Crippen LogP contribution in [0, 0.1) is 13.8 Å². The molecule has 0 radical (unpaired) electrons. The van der Waals surface area contributed by atoms with Crippen LogP contribution in [0.15, 0.2) is 47.4 Å². The number of rotatable bonds is 6. The van der Waals surface area contributed by atoms with Crippen LogP contribution in [-0.2, 0) is 21.0 Å². The number of nitrogens with zero attached hydrogens (tertiary/aromatic N) is 1. The van der Waals surface area contributed by atoms with Crippen molar-refractivity contribution in [1.82, 2.24) is 4.31 Å². The smallest absolute Gasteiger partial charge is 0.324 e. The van der Waals surface area contributed by atoms with Crippen molar-refractivity contribution in [2.45, 2.75) is 31.8 Å². The van der Waals surface area contributed by atoms with Crippen LogP contribution >= 0.6 is 0 Å². The van der Waals surface area contributed by atoms with Gasteiger partial charge in [0.05, 0.1) is 22.7 Å². The van der Waals surface area contributed by atoms with Gasteiger partial charge in [-0.05, 0) is 37.6 Å². The fourth-order valence-electron chi connectivity index (χ4n) is 2.78. The first-order chi connectivity index (χ1) is 13.0. The van der Waals surface area contributed by atoms with Gasteiger partial charge >= 0.3 is 6.18 Å². The minimum absolute atomic E-state index is 0.00993. The molecule has 0 spiro atoms. The minimum Gasteiger partial charge on any atom is -0.324 e. The average Bonchev–Trinajstić information content (AvgIpc) is 2.58. The van der Waals surface area contributed by atoms with Gasteiger partial charge in [0.1, 0.15) is 0 Å². The van der Waals surface area contributed by atoms with Gasteiger partial charge < -0.3 is 5.32 Å². The second-order valence-corrected chi connectivity index (χ2v) is 8.20. The molecule has 28 heavy (non-hydrogen) atoms. The van der Waals surface area contributed by atoms with Crippen molar-refractivity contribution in [3.8, 4) is 0 Å². The van der Waals surface area contributed by atoms with E-state index in [2.05, 4.69) is 5.32 Å². The Morgan fingerprint density at radius 2 is 1.75 bits per heavy atom. The summed E-state index contributed by atoms with van der Waals surface area (Å²) in [5.41, 5.74) is 0.00544. The Morgan fingerprint density at radius 3 is 2.32 bits per heavy atom. The lowest BCUT2D eigenvalue weighted by atomic mass is 10.1. The van der Waals surface area contributed by atoms with Crippen molar-refractivity contribution in [3.05, 3.63) is 59.2 Å². The van der Waals surface area contributed by atoms with Crippen LogP contribution in [0.1, 0.15) is 23.6 Å². The highest BCUT2D eigenvalue weighted by Gasteiger charge is 2.34. The van der Waals surface area contributed by atoms with Gasteiger partial charge in [0.25, 0.3) is 0 Å². The number of aryl methyl sites for hydroxylation is 2. The van der Waals surface area contributed by atoms with Gasteiger partial charge in [-0.3, -0.25) is 4.79 Å². The molecule has 0 atom stereocenters. The van der Waals surface area contributed by atoms with Crippen LogP contribution in [-0.4, -0.2) is 31.7 Å². The number of benzene rings is 2. The minimum atomic E-state index is -4.64. The fourth-order valence-corrected chi connectivity index (χ4v) is 4.39. The lowest BCUT2D eigenvalue weighted by Gasteiger charge is -2.22. The number of hydrogen-bond donors (Lipinski definition) is 1. The van der Waals surface area contributed by atoms with E-state index < -0.39 is 39.9 Å². The zero-order chi connectivity index (χ0) is 21.1. The van der Waals surface area contributed by atoms with E-state index in [-0.39, 0.29) is 11.4 Å². The molecule has 152 valence electrons. The molecular formula is C19H21F3N2O3S. The summed E-state index contributed by atoms with van der Waals surface area (Å²) < 4.78 is 65.9. The Bertz CT molecular complexity index is 973. The topological polar surface area (TPSA) is 66.5 Å². The summed E-state index contributed by atoms with van der Waals surface area (Å²) >= 11 is 0. The summed E-state index contributed by atoms with van der Waals surface area (Å²) in [6, 6.07) is 9.35. The maximum atomic E-state index is 13.1. The van der Waals surface area contributed by atoms with Gasteiger partial charge in [0, 0.05) is 6.54 Å². The van der Waals surface area contributed by atoms with Crippen LogP contribution in [0.4, 0.5) is 18.9 Å². The molecule has 0 aliphatic heterocycles. The molecule has 0 unspecified atom stereocenters. The van der Waals surface area contributed by atoms with Gasteiger partial charge in [0.2, 0.25) is 15.9 Å². The highest BCUT2D eigenvalue weighted by molar-refractivity contribution is 7.89. The number of sulfonamides is 1. The van der Waals surface area contributed by atoms with Crippen molar-refractivity contribution >= 4 is 21.6 Å². The molecule has 1 N–H and O–H groups in total. The molecule has 0 bridgehead atoms. The molecule has 0 aliphatic rings. The third-order valence-corrected chi connectivity index (χ3v) is 6.21. The second kappa shape index (κ2) is 8.32. The van der Waals surface area contributed by atoms with E-state index in [0.29, 0.717) is 5.56 Å². The number of likely N-dealkylation sites (N-methyl/N-ethyl adjacent to an activating group) is 1. The largest absolute Gasteiger partial charge is 0.418 e. The number of carbonyl (C=O) groups is 1. The van der Waals surface area contributed by atoms with E-state index in [1.54, 1.807) is 26.0 Å². The highest BCUT2D eigenvalue weighted by atomic mass is 32.2. The number of hydrogen-bond acceptors (Lipinski definition) is 3. The third-order valence-electron chi connectivity index (χ3n) is 4.13. The van der Waals surface area contributed by atoms with Crippen molar-refractivity contribution in [2.75, 3.05) is 18.4 Å². The van der Waals surface area contributed by atoms with Gasteiger partial charge in [-0.1, -0.05) is 36.8 Å². The van der Waals surface area contributed by atoms with Crippen LogP contribution in [0.3, 0.4) is 0 Å². The number of para-hydroxylation sites is 1. The maximum absolute atomic E-state index is 13.1. The summed E-state index contributed by atoms with van der Waals surface area (Å²) in [4.78, 5) is 12.4. The van der Waals surface area contributed by atoms with E-state index in [0.717, 1.165) is 22.0 Å². The molecule has 2 aromatic rings. The predicted molar refractivity (Wildman–Crippen MR) is 100 cm³/mol. The zero-order valence-corrected chi connectivity index (χ0v) is 16.5. The van der Waals surface area contributed by atoms with Crippen LogP contribution < -0.4 is 5.32 Å². The first-order valence-electron chi connectivity index (χ1n) is 8.50. The standard InChI is InChI=1S/C19H21F3N2O3S/c1-4-24(28(26,27)17-10-9-13(2)11-14(17)3)12-18(25)23-16-8-6-5-7-15(16)19(20,21)22/h5-11H,4,12H2,1-3H3,(H,23,25). The van der Waals surface area contributed by atoms with Crippen molar-refractivity contribution in [1.29, 1.82) is 0 Å². The molecule has 9 heteroatoms. The summed E-state index contributed by atoms with van der Waals surface area (Å²) in [5, 5.41) is 2.16. The summed E-state index contributed by atoms with van der Waals surface area (Å²) in [7, 11) is -3.97. The molecular weight excluding hydrogens is 393 g/mol. The molecule has 0 saturated carbocycles. The van der Waals surface area contributed by atoms with E-state index in [4.69, 9.17) is 0 Å². The molecule has 0 aliphatic carbocycles. The predicted octanol–water partition coefficient (Wildman–Crippen LogP) is 3.97. The Morgan fingerprint density at radius 1 is 1.11 bits per heavy atom. The molecule has 0 aromatic heterocycles. The van der Waals surface area contributed by atoms with E-state index in [1.165, 1.54) is 18.2 Å². The van der Waals surface area contributed by atoms with Crippen molar-refractivity contribution in [2.24, 2.45) is 0 Å². The highest BCUT2D eigenvalue weighted by Crippen LogP contribution is 2.34. The van der Waals surface area contributed by atoms with Gasteiger partial charge in [-0.15, -0.1) is 0 Å². The summed E-state index contributed by atoms with van der Waals surface area (Å²) in [6.07, 6.45) is -4.64. The van der Waals surface area contributed by atoms with Gasteiger partial charge in [-0.2, -0.15) is 17.5 Å². The van der Waals surface area contributed by atoms with E-state index >= 15 is 0 Å². The monoisotopic (exact) mass is 414 g/mol. The number of carbonyl (C=O) groups excluding carboxylic acids is 1. The summed E-state index contributed by atoms with van der Waals surface area (Å²) in [5.74, 6) is -0.855. The molecule has 5 nitrogen and oxygen atoms in total. The number of anilines is 1. The van der Waals surface area contributed by atoms with Gasteiger partial charge in [0.15, 0.2) is 0 Å². The quantitative estimate of drug-likeness (QED) is 0.778. The molecule has 0 saturated heterocycles. The maximum Gasteiger partial charge on any atom is 0.418 e. The van der Waals surface area contributed by atoms with E-state index in [9.17, 15) is 26.4 Å². The van der Waals surface area contributed by atoms with Crippen LogP contribution in [0.25, 0.3) is 0 Å². The first kappa shape index (κ1) is 21.9. The molecule has 1 amide bonds. The SMILES string of the molecule is CCN(CC(=O)Nc1ccccc1C(F)(F)F)S(=O)(=O)c1ccc(C)cc1C. The van der Waals surface area contributed by atoms with Gasteiger partial charge in [-0.25, -0.2) is 8.42 Å². The average molecular weight is 414 g/mol. The molecule has 2 aromatic carbocycles. The number of halogens is 3. The van der Waals surface area contributed by atoms with E-state index in [1.807, 2.05) is 6.92 Å². The fraction of sp³-hybridized carbons (Fsp3) is 0.316. The lowest BCUT2D eigenvalue weighted by molar-refractivity contribution is -0.137. The normalized spacial score (nSPS) is 12.2. The van der Waals surface area contributed by atoms with Crippen LogP contribution in [0.2, 0.25) is 0 Å². The zero-order valence-electron chi connectivity index (χ0n) is 15.7. The number of nitrogens with one attached hydrogen (secondary N) is 1. The Balaban J connectivity index is 2.25. The third kappa shape index (κ3) is 4.90. The number of alkyl halides is 3. The first-order valence-corrected chi connectivity index (χ1v) is 9.94. The molecule has 2 rings (SSSR count). The Labute approximate surface area is 162 Å². The van der Waals surface area contributed by atoms with Crippen LogP contribution in [0.5, 0.6) is 0 Å². The molecule has 0 heterocycles. The van der Waals surface area contributed by atoms with Crippen molar-refractivity contribution in [3.63, 3.8) is 0 Å². The Hall–Kier alpha value is -2.39. The lowest BCUT2D eigenvalue weighted by Crippen LogP contribution is -2.38. The van der Waals surface area contributed by atoms with Crippen molar-refractivity contribution < 1.29 is 26.4 Å². The Kier molecular flexibility index (Phi) is 6.51. The molecule has 0 fully saturated rings. The number of amides is 1. The second-order valence-electron chi connectivity index (χ2n) is 6.29.